The molecule has 0 aliphatic rings. The molecule has 0 radical (unpaired) electrons. The van der Waals surface area contributed by atoms with Gasteiger partial charge in [0.25, 0.3) is 0 Å². The van der Waals surface area contributed by atoms with Crippen LogP contribution in [0, 0.1) is 11.6 Å². The Morgan fingerprint density at radius 1 is 0.900 bits per heavy atom. The van der Waals surface area contributed by atoms with Crippen molar-refractivity contribution in [1.29, 1.82) is 0 Å². The molecular weight excluding hydrogens is 384 g/mol. The first-order chi connectivity index (χ1) is 14.6. The number of hydrogen-bond donors (Lipinski definition) is 1. The van der Waals surface area contributed by atoms with Gasteiger partial charge in [-0.15, -0.1) is 0 Å². The van der Waals surface area contributed by atoms with Crippen LogP contribution < -0.4 is 5.32 Å². The van der Waals surface area contributed by atoms with Crippen molar-refractivity contribution in [2.24, 2.45) is 0 Å². The first-order valence-corrected chi connectivity index (χ1v) is 9.77. The molecule has 0 saturated carbocycles. The summed E-state index contributed by atoms with van der Waals surface area (Å²) in [4.78, 5) is 16.5. The molecule has 0 unspecified atom stereocenters. The summed E-state index contributed by atoms with van der Waals surface area (Å²) in [5.41, 5.74) is 4.80. The van der Waals surface area contributed by atoms with Gasteiger partial charge in [-0.2, -0.15) is 0 Å². The fraction of sp³-hybridized carbons (Fsp3) is 0.167. The Balaban J connectivity index is 1.28. The Labute approximate surface area is 173 Å². The Morgan fingerprint density at radius 2 is 1.63 bits per heavy atom. The molecule has 0 aliphatic carbocycles. The zero-order valence-corrected chi connectivity index (χ0v) is 16.3. The summed E-state index contributed by atoms with van der Waals surface area (Å²) in [6, 6.07) is 19.8. The van der Waals surface area contributed by atoms with Crippen molar-refractivity contribution in [3.8, 4) is 0 Å². The molecular formula is C24H21F2N3O. The van der Waals surface area contributed by atoms with Crippen LogP contribution in [0.25, 0.3) is 11.0 Å². The number of hydrogen-bond acceptors (Lipinski definition) is 2. The van der Waals surface area contributed by atoms with E-state index in [1.54, 1.807) is 0 Å². The quantitative estimate of drug-likeness (QED) is 0.488. The van der Waals surface area contributed by atoms with Gasteiger partial charge in [-0.1, -0.05) is 42.5 Å². The van der Waals surface area contributed by atoms with Crippen molar-refractivity contribution < 1.29 is 13.6 Å². The van der Waals surface area contributed by atoms with Crippen molar-refractivity contribution in [3.05, 3.63) is 101 Å². The lowest BCUT2D eigenvalue weighted by Crippen LogP contribution is -2.23. The zero-order valence-electron chi connectivity index (χ0n) is 16.3. The third kappa shape index (κ3) is 4.71. The maximum atomic E-state index is 13.2. The number of nitrogens with one attached hydrogen (secondary N) is 1. The van der Waals surface area contributed by atoms with Crippen LogP contribution in [-0.4, -0.2) is 15.5 Å². The van der Waals surface area contributed by atoms with Gasteiger partial charge in [0.15, 0.2) is 11.6 Å². The highest BCUT2D eigenvalue weighted by Crippen LogP contribution is 2.15. The van der Waals surface area contributed by atoms with E-state index in [2.05, 4.69) is 14.9 Å². The van der Waals surface area contributed by atoms with Gasteiger partial charge in [-0.05, 0) is 47.4 Å². The molecule has 1 N–H and O–H groups in total. The number of amides is 1. The lowest BCUT2D eigenvalue weighted by molar-refractivity contribution is -0.121. The molecule has 1 heterocycles. The highest BCUT2D eigenvalue weighted by Gasteiger charge is 2.07. The summed E-state index contributed by atoms with van der Waals surface area (Å²) in [5.74, 6) is -1.90. The van der Waals surface area contributed by atoms with Crippen molar-refractivity contribution in [1.82, 2.24) is 14.9 Å². The number of halogens is 2. The van der Waals surface area contributed by atoms with Crippen LogP contribution in [0.1, 0.15) is 23.1 Å². The van der Waals surface area contributed by atoms with Gasteiger partial charge >= 0.3 is 0 Å². The van der Waals surface area contributed by atoms with Crippen LogP contribution in [0.3, 0.4) is 0 Å². The van der Waals surface area contributed by atoms with E-state index in [1.165, 1.54) is 6.07 Å². The van der Waals surface area contributed by atoms with E-state index < -0.39 is 11.6 Å². The van der Waals surface area contributed by atoms with Gasteiger partial charge in [0.05, 0.1) is 17.4 Å². The first kappa shape index (κ1) is 19.8. The second kappa shape index (κ2) is 8.86. The molecule has 0 fully saturated rings. The van der Waals surface area contributed by atoms with E-state index in [1.807, 2.05) is 54.9 Å². The lowest BCUT2D eigenvalue weighted by atomic mass is 10.1. The summed E-state index contributed by atoms with van der Waals surface area (Å²) < 4.78 is 28.3. The molecule has 1 amide bonds. The SMILES string of the molecule is O=C(CCc1ccc(F)c(F)c1)NCc1ccc(Cn2cnc3ccccc32)cc1. The second-order valence-electron chi connectivity index (χ2n) is 7.20. The van der Waals surface area contributed by atoms with Gasteiger partial charge < -0.3 is 9.88 Å². The number of rotatable bonds is 7. The number of carbonyl (C=O) groups excluding carboxylic acids is 1. The number of aromatic nitrogens is 2. The first-order valence-electron chi connectivity index (χ1n) is 9.77. The molecule has 0 aliphatic heterocycles. The van der Waals surface area contributed by atoms with Crippen LogP contribution in [0.2, 0.25) is 0 Å². The third-order valence-electron chi connectivity index (χ3n) is 5.02. The van der Waals surface area contributed by atoms with Crippen LogP contribution in [0.5, 0.6) is 0 Å². The summed E-state index contributed by atoms with van der Waals surface area (Å²) in [7, 11) is 0. The van der Waals surface area contributed by atoms with Gasteiger partial charge in [-0.3, -0.25) is 4.79 Å². The molecule has 1 aromatic heterocycles. The number of carbonyl (C=O) groups is 1. The number of nitrogens with zero attached hydrogens (tertiary/aromatic N) is 2. The molecule has 0 atom stereocenters. The van der Waals surface area contributed by atoms with E-state index in [-0.39, 0.29) is 12.3 Å². The largest absolute Gasteiger partial charge is 0.352 e. The van der Waals surface area contributed by atoms with E-state index >= 15 is 0 Å². The highest BCUT2D eigenvalue weighted by atomic mass is 19.2. The van der Waals surface area contributed by atoms with Crippen molar-refractivity contribution in [2.75, 3.05) is 0 Å². The van der Waals surface area contributed by atoms with Crippen molar-refractivity contribution in [3.63, 3.8) is 0 Å². The van der Waals surface area contributed by atoms with E-state index in [9.17, 15) is 13.6 Å². The molecule has 0 spiro atoms. The molecule has 0 bridgehead atoms. The summed E-state index contributed by atoms with van der Waals surface area (Å²) >= 11 is 0. The third-order valence-corrected chi connectivity index (χ3v) is 5.02. The summed E-state index contributed by atoms with van der Waals surface area (Å²) in [5, 5.41) is 2.86. The van der Waals surface area contributed by atoms with Gasteiger partial charge in [-0.25, -0.2) is 13.8 Å². The summed E-state index contributed by atoms with van der Waals surface area (Å²) in [6.07, 6.45) is 2.42. The Kier molecular flexibility index (Phi) is 5.84. The maximum Gasteiger partial charge on any atom is 0.220 e. The predicted molar refractivity (Wildman–Crippen MR) is 112 cm³/mol. The molecule has 4 aromatic rings. The van der Waals surface area contributed by atoms with E-state index in [4.69, 9.17) is 0 Å². The Morgan fingerprint density at radius 3 is 2.43 bits per heavy atom. The number of aryl methyl sites for hydroxylation is 1. The lowest BCUT2D eigenvalue weighted by Gasteiger charge is -2.08. The minimum absolute atomic E-state index is 0.131. The minimum Gasteiger partial charge on any atom is -0.352 e. The fourth-order valence-corrected chi connectivity index (χ4v) is 3.34. The highest BCUT2D eigenvalue weighted by molar-refractivity contribution is 5.76. The molecule has 3 aromatic carbocycles. The van der Waals surface area contributed by atoms with E-state index in [0.29, 0.717) is 18.5 Å². The fourth-order valence-electron chi connectivity index (χ4n) is 3.34. The Bertz CT molecular complexity index is 1170. The molecule has 0 saturated heterocycles. The molecule has 4 rings (SSSR count). The van der Waals surface area contributed by atoms with Crippen LogP contribution in [0.15, 0.2) is 73.1 Å². The van der Waals surface area contributed by atoms with Crippen LogP contribution in [0.4, 0.5) is 8.78 Å². The Hall–Kier alpha value is -3.54. The second-order valence-corrected chi connectivity index (χ2v) is 7.20. The number of fused-ring (bicyclic) bond motifs is 1. The maximum absolute atomic E-state index is 13.2. The smallest absolute Gasteiger partial charge is 0.220 e. The normalized spacial score (nSPS) is 11.0. The topological polar surface area (TPSA) is 46.9 Å². The minimum atomic E-state index is -0.892. The average molecular weight is 405 g/mol. The number of para-hydroxylation sites is 2. The monoisotopic (exact) mass is 405 g/mol. The zero-order chi connectivity index (χ0) is 20.9. The molecule has 152 valence electrons. The predicted octanol–water partition coefficient (Wildman–Crippen LogP) is 4.61. The van der Waals surface area contributed by atoms with Gasteiger partial charge in [0.2, 0.25) is 5.91 Å². The molecule has 30 heavy (non-hydrogen) atoms. The van der Waals surface area contributed by atoms with Crippen molar-refractivity contribution >= 4 is 16.9 Å². The van der Waals surface area contributed by atoms with Gasteiger partial charge in [0.1, 0.15) is 0 Å². The average Bonchev–Trinajstić information content (AvgIpc) is 3.17. The van der Waals surface area contributed by atoms with Crippen LogP contribution >= 0.6 is 0 Å². The van der Waals surface area contributed by atoms with Crippen molar-refractivity contribution in [2.45, 2.75) is 25.9 Å². The molecule has 6 heteroatoms. The standard InChI is InChI=1S/C24H21F2N3O/c25-20-11-9-17(13-21(20)26)10-12-24(30)27-14-18-5-7-19(8-6-18)15-29-16-28-22-3-1-2-4-23(22)29/h1-9,11,13,16H,10,12,14-15H2,(H,27,30). The van der Waals surface area contributed by atoms with Crippen LogP contribution in [-0.2, 0) is 24.3 Å². The number of imidazole rings is 1. The van der Waals surface area contributed by atoms with E-state index in [0.717, 1.165) is 40.8 Å². The molecule has 4 nitrogen and oxygen atoms in total. The summed E-state index contributed by atoms with van der Waals surface area (Å²) in [6.45, 7) is 1.15. The number of benzene rings is 3. The van der Waals surface area contributed by atoms with Gasteiger partial charge in [0, 0.05) is 19.5 Å².